The van der Waals surface area contributed by atoms with Gasteiger partial charge in [0, 0.05) is 42.7 Å². The Morgan fingerprint density at radius 2 is 1.92 bits per heavy atom. The molecule has 1 atom stereocenters. The van der Waals surface area contributed by atoms with Crippen molar-refractivity contribution in [3.8, 4) is 0 Å². The number of aromatic nitrogens is 1. The van der Waals surface area contributed by atoms with Gasteiger partial charge in [-0.15, -0.1) is 0 Å². The average molecular weight is 347 g/mol. The number of rotatable bonds is 4. The highest BCUT2D eigenvalue weighted by Crippen LogP contribution is 2.32. The van der Waals surface area contributed by atoms with E-state index < -0.39 is 6.04 Å². The van der Waals surface area contributed by atoms with Crippen LogP contribution in [0.5, 0.6) is 0 Å². The predicted molar refractivity (Wildman–Crippen MR) is 102 cm³/mol. The van der Waals surface area contributed by atoms with E-state index in [1.165, 1.54) is 17.9 Å². The van der Waals surface area contributed by atoms with E-state index in [1.807, 2.05) is 48.7 Å². The molecule has 0 spiro atoms. The summed E-state index contributed by atoms with van der Waals surface area (Å²) in [5, 5.41) is 4.18. The van der Waals surface area contributed by atoms with Crippen LogP contribution in [0, 0.1) is 0 Å². The summed E-state index contributed by atoms with van der Waals surface area (Å²) in [7, 11) is 0. The molecule has 5 heteroatoms. The third kappa shape index (κ3) is 2.86. The van der Waals surface area contributed by atoms with E-state index in [-0.39, 0.29) is 11.8 Å². The van der Waals surface area contributed by atoms with Crippen LogP contribution in [0.2, 0.25) is 0 Å². The number of para-hydroxylation sites is 2. The molecule has 1 aliphatic rings. The molecule has 0 radical (unpaired) electrons. The van der Waals surface area contributed by atoms with Gasteiger partial charge < -0.3 is 10.3 Å². The smallest absolute Gasteiger partial charge is 0.243 e. The average Bonchev–Trinajstić information content (AvgIpc) is 3.23. The molecule has 0 unspecified atom stereocenters. The molecule has 3 aromatic rings. The maximum Gasteiger partial charge on any atom is 0.243 e. The van der Waals surface area contributed by atoms with Crippen molar-refractivity contribution in [1.29, 1.82) is 0 Å². The molecule has 26 heavy (non-hydrogen) atoms. The summed E-state index contributed by atoms with van der Waals surface area (Å²) in [6.07, 6.45) is 3.30. The monoisotopic (exact) mass is 347 g/mol. The number of fused-ring (bicyclic) bond motifs is 2. The Morgan fingerprint density at radius 3 is 2.77 bits per heavy atom. The molecule has 1 aliphatic heterocycles. The quantitative estimate of drug-likeness (QED) is 0.762. The Balaban J connectivity index is 1.43. The Kier molecular flexibility index (Phi) is 4.21. The lowest BCUT2D eigenvalue weighted by Crippen LogP contribution is -2.47. The van der Waals surface area contributed by atoms with Gasteiger partial charge in [0.2, 0.25) is 11.8 Å². The molecule has 0 aliphatic carbocycles. The molecular formula is C21H21N3O2. The summed E-state index contributed by atoms with van der Waals surface area (Å²) in [4.78, 5) is 29.6. The van der Waals surface area contributed by atoms with Crippen molar-refractivity contribution in [3.05, 3.63) is 65.9 Å². The van der Waals surface area contributed by atoms with Crippen LogP contribution in [0.1, 0.15) is 18.1 Å². The predicted octanol–water partition coefficient (Wildman–Crippen LogP) is 2.80. The number of hydrogen-bond donors (Lipinski definition) is 2. The van der Waals surface area contributed by atoms with Gasteiger partial charge in [0.05, 0.1) is 0 Å². The summed E-state index contributed by atoms with van der Waals surface area (Å²) < 4.78 is 0. The van der Waals surface area contributed by atoms with Crippen LogP contribution in [0.3, 0.4) is 0 Å². The zero-order valence-electron chi connectivity index (χ0n) is 14.7. The number of carbonyl (C=O) groups excluding carboxylic acids is 2. The van der Waals surface area contributed by atoms with Crippen molar-refractivity contribution in [2.75, 3.05) is 11.4 Å². The SMILES string of the molecule is CC(=O)N1c2ccccc2C[C@@H]1C(=O)NCCc1c[nH]c2ccccc12. The van der Waals surface area contributed by atoms with Gasteiger partial charge in [-0.2, -0.15) is 0 Å². The van der Waals surface area contributed by atoms with Crippen LogP contribution in [-0.4, -0.2) is 29.4 Å². The first kappa shape index (κ1) is 16.4. The second kappa shape index (κ2) is 6.67. The highest BCUT2D eigenvalue weighted by atomic mass is 16.2. The van der Waals surface area contributed by atoms with Gasteiger partial charge in [0.25, 0.3) is 0 Å². The van der Waals surface area contributed by atoms with Gasteiger partial charge in [-0.05, 0) is 29.7 Å². The highest BCUT2D eigenvalue weighted by Gasteiger charge is 2.36. The second-order valence-corrected chi connectivity index (χ2v) is 6.64. The van der Waals surface area contributed by atoms with E-state index >= 15 is 0 Å². The summed E-state index contributed by atoms with van der Waals surface area (Å²) >= 11 is 0. The Bertz CT molecular complexity index is 976. The van der Waals surface area contributed by atoms with E-state index in [2.05, 4.69) is 16.4 Å². The molecule has 2 aromatic carbocycles. The van der Waals surface area contributed by atoms with Crippen molar-refractivity contribution in [2.24, 2.45) is 0 Å². The van der Waals surface area contributed by atoms with Crippen LogP contribution < -0.4 is 10.2 Å². The van der Waals surface area contributed by atoms with E-state index in [0.717, 1.165) is 23.2 Å². The summed E-state index contributed by atoms with van der Waals surface area (Å²) in [5.41, 5.74) is 4.16. The largest absolute Gasteiger partial charge is 0.361 e. The second-order valence-electron chi connectivity index (χ2n) is 6.64. The number of amides is 2. The van der Waals surface area contributed by atoms with E-state index in [9.17, 15) is 9.59 Å². The Morgan fingerprint density at radius 1 is 1.15 bits per heavy atom. The number of benzene rings is 2. The fourth-order valence-electron chi connectivity index (χ4n) is 3.76. The van der Waals surface area contributed by atoms with Crippen molar-refractivity contribution >= 4 is 28.4 Å². The molecule has 1 aromatic heterocycles. The first-order valence-corrected chi connectivity index (χ1v) is 8.85. The lowest BCUT2D eigenvalue weighted by Gasteiger charge is -2.23. The van der Waals surface area contributed by atoms with Gasteiger partial charge in [0.15, 0.2) is 0 Å². The van der Waals surface area contributed by atoms with Gasteiger partial charge >= 0.3 is 0 Å². The minimum absolute atomic E-state index is 0.101. The molecule has 2 amide bonds. The highest BCUT2D eigenvalue weighted by molar-refractivity contribution is 6.02. The Labute approximate surface area is 152 Å². The molecule has 5 nitrogen and oxygen atoms in total. The third-order valence-electron chi connectivity index (χ3n) is 4.99. The molecule has 132 valence electrons. The van der Waals surface area contributed by atoms with Crippen molar-refractivity contribution in [2.45, 2.75) is 25.8 Å². The minimum atomic E-state index is -0.465. The maximum atomic E-state index is 12.7. The van der Waals surface area contributed by atoms with Crippen LogP contribution in [0.25, 0.3) is 10.9 Å². The van der Waals surface area contributed by atoms with E-state index in [4.69, 9.17) is 0 Å². The Hall–Kier alpha value is -3.08. The summed E-state index contributed by atoms with van der Waals surface area (Å²) in [6, 6.07) is 15.4. The number of nitrogens with one attached hydrogen (secondary N) is 2. The zero-order chi connectivity index (χ0) is 18.1. The van der Waals surface area contributed by atoms with Crippen LogP contribution >= 0.6 is 0 Å². The van der Waals surface area contributed by atoms with Crippen LogP contribution in [-0.2, 0) is 22.4 Å². The first-order chi connectivity index (χ1) is 12.6. The first-order valence-electron chi connectivity index (χ1n) is 8.85. The molecule has 0 saturated heterocycles. The molecule has 0 saturated carbocycles. The molecule has 0 fully saturated rings. The van der Waals surface area contributed by atoms with Crippen LogP contribution in [0.15, 0.2) is 54.7 Å². The molecular weight excluding hydrogens is 326 g/mol. The molecule has 2 heterocycles. The third-order valence-corrected chi connectivity index (χ3v) is 4.99. The number of hydrogen-bond acceptors (Lipinski definition) is 2. The fraction of sp³-hybridized carbons (Fsp3) is 0.238. The van der Waals surface area contributed by atoms with Gasteiger partial charge in [-0.25, -0.2) is 0 Å². The summed E-state index contributed by atoms with van der Waals surface area (Å²) in [5.74, 6) is -0.206. The summed E-state index contributed by atoms with van der Waals surface area (Å²) in [6.45, 7) is 2.05. The molecule has 2 N–H and O–H groups in total. The fourth-order valence-corrected chi connectivity index (χ4v) is 3.76. The van der Waals surface area contributed by atoms with Gasteiger partial charge in [-0.1, -0.05) is 36.4 Å². The standard InChI is InChI=1S/C21H21N3O2/c1-14(25)24-19-9-5-2-6-15(19)12-20(24)21(26)22-11-10-16-13-23-18-8-4-3-7-17(16)18/h2-9,13,20,23H,10-12H2,1H3,(H,22,26)/t20-/m1/s1. The van der Waals surface area contributed by atoms with E-state index in [0.29, 0.717) is 13.0 Å². The van der Waals surface area contributed by atoms with Crippen LogP contribution in [0.4, 0.5) is 5.69 Å². The van der Waals surface area contributed by atoms with E-state index in [1.54, 1.807) is 4.90 Å². The number of aromatic amines is 1. The molecule has 4 rings (SSSR count). The minimum Gasteiger partial charge on any atom is -0.361 e. The van der Waals surface area contributed by atoms with Crippen molar-refractivity contribution < 1.29 is 9.59 Å². The lowest BCUT2D eigenvalue weighted by molar-refractivity contribution is -0.125. The maximum absolute atomic E-state index is 12.7. The van der Waals surface area contributed by atoms with Crippen molar-refractivity contribution in [3.63, 3.8) is 0 Å². The number of nitrogens with zero attached hydrogens (tertiary/aromatic N) is 1. The van der Waals surface area contributed by atoms with Crippen molar-refractivity contribution in [1.82, 2.24) is 10.3 Å². The number of H-pyrrole nitrogens is 1. The number of anilines is 1. The topological polar surface area (TPSA) is 65.2 Å². The zero-order valence-corrected chi connectivity index (χ0v) is 14.7. The van der Waals surface area contributed by atoms with Gasteiger partial charge in [0.1, 0.15) is 6.04 Å². The number of carbonyl (C=O) groups is 2. The van der Waals surface area contributed by atoms with Gasteiger partial charge in [-0.3, -0.25) is 14.5 Å². The normalized spacial score (nSPS) is 15.9. The molecule has 0 bridgehead atoms. The lowest BCUT2D eigenvalue weighted by atomic mass is 10.1.